The van der Waals surface area contributed by atoms with Gasteiger partial charge in [-0.15, -0.1) is 0 Å². The maximum absolute atomic E-state index is 12.7. The monoisotopic (exact) mass is 372 g/mol. The van der Waals surface area contributed by atoms with Crippen LogP contribution in [0, 0.1) is 0 Å². The Morgan fingerprint density at radius 2 is 1.82 bits per heavy atom. The van der Waals surface area contributed by atoms with Crippen LogP contribution >= 0.6 is 0 Å². The number of nitrogens with zero attached hydrogens (tertiary/aromatic N) is 4. The van der Waals surface area contributed by atoms with Crippen molar-refractivity contribution in [2.24, 2.45) is 0 Å². The third-order valence-corrected chi connectivity index (χ3v) is 5.34. The van der Waals surface area contributed by atoms with E-state index < -0.39 is 0 Å². The van der Waals surface area contributed by atoms with Gasteiger partial charge in [0.25, 0.3) is 0 Å². The van der Waals surface area contributed by atoms with Gasteiger partial charge in [0.1, 0.15) is 6.33 Å². The molecular weight excluding hydrogens is 348 g/mol. The highest BCUT2D eigenvalue weighted by Crippen LogP contribution is 2.27. The SMILES string of the molecule is O=C(CCc1ccccc1)N1CCCC(c2ccc(-c3cncnc3)cn2)C1. The minimum absolute atomic E-state index is 0.242. The lowest BCUT2D eigenvalue weighted by Gasteiger charge is -2.32. The third kappa shape index (κ3) is 4.42. The maximum Gasteiger partial charge on any atom is 0.222 e. The number of aromatic nitrogens is 3. The maximum atomic E-state index is 12.7. The number of amides is 1. The van der Waals surface area contributed by atoms with Gasteiger partial charge in [-0.2, -0.15) is 0 Å². The Bertz CT molecular complexity index is 897. The van der Waals surface area contributed by atoms with Crippen molar-refractivity contribution in [2.75, 3.05) is 13.1 Å². The summed E-state index contributed by atoms with van der Waals surface area (Å²) in [5, 5.41) is 0. The Morgan fingerprint density at radius 1 is 1.00 bits per heavy atom. The van der Waals surface area contributed by atoms with E-state index in [0.717, 1.165) is 49.2 Å². The van der Waals surface area contributed by atoms with E-state index in [-0.39, 0.29) is 5.91 Å². The van der Waals surface area contributed by atoms with Gasteiger partial charge in [0.05, 0.1) is 0 Å². The van der Waals surface area contributed by atoms with Crippen molar-refractivity contribution in [3.63, 3.8) is 0 Å². The molecule has 0 spiro atoms. The van der Waals surface area contributed by atoms with Crippen molar-refractivity contribution in [1.82, 2.24) is 19.9 Å². The van der Waals surface area contributed by atoms with E-state index in [1.54, 1.807) is 12.4 Å². The first kappa shape index (κ1) is 18.3. The molecule has 1 atom stereocenters. The highest BCUT2D eigenvalue weighted by atomic mass is 16.2. The van der Waals surface area contributed by atoms with Crippen LogP contribution in [0.4, 0.5) is 0 Å². The second-order valence-corrected chi connectivity index (χ2v) is 7.26. The zero-order valence-electron chi connectivity index (χ0n) is 15.9. The number of aryl methyl sites for hydroxylation is 1. The Balaban J connectivity index is 1.37. The van der Waals surface area contributed by atoms with E-state index in [0.29, 0.717) is 12.3 Å². The van der Waals surface area contributed by atoms with E-state index >= 15 is 0 Å². The van der Waals surface area contributed by atoms with Crippen LogP contribution in [0.15, 0.2) is 67.4 Å². The minimum Gasteiger partial charge on any atom is -0.342 e. The molecule has 5 heteroatoms. The molecule has 1 saturated heterocycles. The number of carbonyl (C=O) groups excluding carboxylic acids is 1. The summed E-state index contributed by atoms with van der Waals surface area (Å²) in [5.74, 6) is 0.544. The molecule has 3 aromatic rings. The summed E-state index contributed by atoms with van der Waals surface area (Å²) in [5.41, 5.74) is 4.24. The van der Waals surface area contributed by atoms with Gasteiger partial charge in [0.2, 0.25) is 5.91 Å². The second kappa shape index (κ2) is 8.74. The van der Waals surface area contributed by atoms with Crippen LogP contribution in [-0.2, 0) is 11.2 Å². The van der Waals surface area contributed by atoms with Crippen molar-refractivity contribution in [1.29, 1.82) is 0 Å². The number of likely N-dealkylation sites (tertiary alicyclic amines) is 1. The van der Waals surface area contributed by atoms with Gasteiger partial charge < -0.3 is 4.90 Å². The molecule has 0 saturated carbocycles. The van der Waals surface area contributed by atoms with Crippen LogP contribution in [0.5, 0.6) is 0 Å². The summed E-state index contributed by atoms with van der Waals surface area (Å²) < 4.78 is 0. The number of rotatable bonds is 5. The number of piperidine rings is 1. The predicted molar refractivity (Wildman–Crippen MR) is 109 cm³/mol. The van der Waals surface area contributed by atoms with Crippen LogP contribution in [0.1, 0.15) is 36.4 Å². The lowest BCUT2D eigenvalue weighted by atomic mass is 9.93. The number of carbonyl (C=O) groups is 1. The Hall–Kier alpha value is -3.08. The fraction of sp³-hybridized carbons (Fsp3) is 0.304. The van der Waals surface area contributed by atoms with Crippen LogP contribution in [0.3, 0.4) is 0 Å². The minimum atomic E-state index is 0.242. The van der Waals surface area contributed by atoms with Crippen LogP contribution in [0.25, 0.3) is 11.1 Å². The van der Waals surface area contributed by atoms with Crippen LogP contribution < -0.4 is 0 Å². The first-order chi connectivity index (χ1) is 13.8. The fourth-order valence-corrected chi connectivity index (χ4v) is 3.76. The molecular formula is C23H24N4O. The lowest BCUT2D eigenvalue weighted by Crippen LogP contribution is -2.39. The van der Waals surface area contributed by atoms with E-state index in [2.05, 4.69) is 39.2 Å². The average Bonchev–Trinajstić information content (AvgIpc) is 2.79. The van der Waals surface area contributed by atoms with Crippen LogP contribution in [-0.4, -0.2) is 38.8 Å². The van der Waals surface area contributed by atoms with Crippen molar-refractivity contribution in [3.05, 3.63) is 78.6 Å². The van der Waals surface area contributed by atoms with Crippen molar-refractivity contribution in [2.45, 2.75) is 31.6 Å². The number of hydrogen-bond acceptors (Lipinski definition) is 4. The van der Waals surface area contributed by atoms with Gasteiger partial charge in [0, 0.05) is 60.8 Å². The standard InChI is InChI=1S/C23H24N4O/c28-23(11-8-18-5-2-1-3-6-18)27-12-4-7-20(16-27)22-10-9-19(15-26-22)21-13-24-17-25-14-21/h1-3,5-6,9-10,13-15,17,20H,4,7-8,11-12,16H2. The summed E-state index contributed by atoms with van der Waals surface area (Å²) in [6.07, 6.45) is 10.4. The smallest absolute Gasteiger partial charge is 0.222 e. The van der Waals surface area contributed by atoms with E-state index in [4.69, 9.17) is 0 Å². The van der Waals surface area contributed by atoms with Gasteiger partial charge in [-0.3, -0.25) is 9.78 Å². The second-order valence-electron chi connectivity index (χ2n) is 7.26. The first-order valence-electron chi connectivity index (χ1n) is 9.82. The van der Waals surface area contributed by atoms with Gasteiger partial charge in [0.15, 0.2) is 0 Å². The van der Waals surface area contributed by atoms with E-state index in [1.165, 1.54) is 11.9 Å². The Labute approximate surface area is 165 Å². The van der Waals surface area contributed by atoms with Crippen LogP contribution in [0.2, 0.25) is 0 Å². The lowest BCUT2D eigenvalue weighted by molar-refractivity contribution is -0.132. The van der Waals surface area contributed by atoms with Gasteiger partial charge in [-0.25, -0.2) is 9.97 Å². The fourth-order valence-electron chi connectivity index (χ4n) is 3.76. The van der Waals surface area contributed by atoms with E-state index in [1.807, 2.05) is 29.3 Å². The molecule has 2 aromatic heterocycles. The quantitative estimate of drug-likeness (QED) is 0.682. The van der Waals surface area contributed by atoms with Gasteiger partial charge in [-0.1, -0.05) is 36.4 Å². The molecule has 1 aromatic carbocycles. The molecule has 0 aliphatic carbocycles. The topological polar surface area (TPSA) is 59.0 Å². The molecule has 3 heterocycles. The Morgan fingerprint density at radius 3 is 2.57 bits per heavy atom. The molecule has 0 N–H and O–H groups in total. The molecule has 5 nitrogen and oxygen atoms in total. The highest BCUT2D eigenvalue weighted by molar-refractivity contribution is 5.76. The molecule has 1 aliphatic heterocycles. The van der Waals surface area contributed by atoms with E-state index in [9.17, 15) is 4.79 Å². The van der Waals surface area contributed by atoms with Crippen molar-refractivity contribution >= 4 is 5.91 Å². The summed E-state index contributed by atoms with van der Waals surface area (Å²) in [6.45, 7) is 1.61. The van der Waals surface area contributed by atoms with Gasteiger partial charge in [-0.05, 0) is 30.9 Å². The summed E-state index contributed by atoms with van der Waals surface area (Å²) in [6, 6.07) is 14.3. The summed E-state index contributed by atoms with van der Waals surface area (Å²) in [4.78, 5) is 27.5. The Kier molecular flexibility index (Phi) is 5.71. The predicted octanol–water partition coefficient (Wildman–Crippen LogP) is 3.88. The summed E-state index contributed by atoms with van der Waals surface area (Å²) in [7, 11) is 0. The molecule has 28 heavy (non-hydrogen) atoms. The molecule has 1 unspecified atom stereocenters. The third-order valence-electron chi connectivity index (χ3n) is 5.34. The normalized spacial score (nSPS) is 16.7. The molecule has 0 bridgehead atoms. The highest BCUT2D eigenvalue weighted by Gasteiger charge is 2.25. The molecule has 1 aliphatic rings. The van der Waals surface area contributed by atoms with Crippen molar-refractivity contribution in [3.8, 4) is 11.1 Å². The molecule has 1 amide bonds. The molecule has 4 rings (SSSR count). The number of benzene rings is 1. The molecule has 0 radical (unpaired) electrons. The largest absolute Gasteiger partial charge is 0.342 e. The summed E-state index contributed by atoms with van der Waals surface area (Å²) >= 11 is 0. The number of pyridine rings is 1. The first-order valence-corrected chi connectivity index (χ1v) is 9.82. The zero-order valence-corrected chi connectivity index (χ0v) is 15.9. The average molecular weight is 372 g/mol. The zero-order chi connectivity index (χ0) is 19.2. The van der Waals surface area contributed by atoms with Gasteiger partial charge >= 0.3 is 0 Å². The number of hydrogen-bond donors (Lipinski definition) is 0. The molecule has 1 fully saturated rings. The molecule has 142 valence electrons. The van der Waals surface area contributed by atoms with Crippen molar-refractivity contribution < 1.29 is 4.79 Å².